The Balaban J connectivity index is 2.62. The zero-order valence-corrected chi connectivity index (χ0v) is 16.3. The molecule has 1 aromatic carbocycles. The zero-order valence-electron chi connectivity index (χ0n) is 14.8. The molecule has 0 fully saturated rings. The Bertz CT molecular complexity index is 1110. The van der Waals surface area contributed by atoms with Gasteiger partial charge in [0.05, 0.1) is 10.7 Å². The highest BCUT2D eigenvalue weighted by Crippen LogP contribution is 2.29. The van der Waals surface area contributed by atoms with E-state index in [9.17, 15) is 23.6 Å². The molecule has 1 atom stereocenters. The maximum atomic E-state index is 14.5. The average molecular weight is 433 g/mol. The van der Waals surface area contributed by atoms with E-state index in [0.717, 1.165) is 21.3 Å². The highest BCUT2D eigenvalue weighted by molar-refractivity contribution is 7.71. The van der Waals surface area contributed by atoms with Gasteiger partial charge in [0, 0.05) is 20.2 Å². The minimum absolute atomic E-state index is 0.0695. The van der Waals surface area contributed by atoms with Crippen molar-refractivity contribution in [1.82, 2.24) is 13.7 Å². The van der Waals surface area contributed by atoms with Crippen molar-refractivity contribution in [2.24, 2.45) is 19.8 Å². The molecular formula is C15H14ClFN4O6S. The second-order valence-corrected chi connectivity index (χ2v) is 6.31. The molecule has 0 spiro atoms. The summed E-state index contributed by atoms with van der Waals surface area (Å²) in [4.78, 5) is 47.2. The van der Waals surface area contributed by atoms with Crippen molar-refractivity contribution in [3.8, 4) is 11.4 Å². The summed E-state index contributed by atoms with van der Waals surface area (Å²) < 4.78 is 26.3. The van der Waals surface area contributed by atoms with E-state index in [2.05, 4.69) is 4.74 Å². The van der Waals surface area contributed by atoms with Gasteiger partial charge in [0.25, 0.3) is 0 Å². The van der Waals surface area contributed by atoms with Crippen molar-refractivity contribution in [3.05, 3.63) is 48.7 Å². The molecule has 2 rings (SSSR count). The average Bonchev–Trinajstić information content (AvgIpc) is 2.61. The lowest BCUT2D eigenvalue weighted by molar-refractivity contribution is -0.144. The molecular weight excluding hydrogens is 419 g/mol. The smallest absolute Gasteiger partial charge is 0.412 e. The molecule has 2 N–H and O–H groups in total. The lowest BCUT2D eigenvalue weighted by Gasteiger charge is -2.16. The van der Waals surface area contributed by atoms with E-state index in [4.69, 9.17) is 34.3 Å². The summed E-state index contributed by atoms with van der Waals surface area (Å²) in [6, 6.07) is 1.75. The fraction of sp³-hybridized carbons (Fsp3) is 0.267. The third kappa shape index (κ3) is 3.97. The van der Waals surface area contributed by atoms with Crippen molar-refractivity contribution in [3.63, 3.8) is 0 Å². The molecule has 1 heterocycles. The van der Waals surface area contributed by atoms with E-state index in [1.807, 2.05) is 0 Å². The second-order valence-electron chi connectivity index (χ2n) is 5.54. The first-order valence-electron chi connectivity index (χ1n) is 7.52. The molecule has 0 aliphatic carbocycles. The predicted molar refractivity (Wildman–Crippen MR) is 97.8 cm³/mol. The van der Waals surface area contributed by atoms with Crippen LogP contribution in [0.5, 0.6) is 5.75 Å². The van der Waals surface area contributed by atoms with Gasteiger partial charge in [0.2, 0.25) is 0 Å². The van der Waals surface area contributed by atoms with Crippen molar-refractivity contribution < 1.29 is 23.5 Å². The van der Waals surface area contributed by atoms with Gasteiger partial charge in [0.1, 0.15) is 11.6 Å². The van der Waals surface area contributed by atoms with Gasteiger partial charge in [-0.25, -0.2) is 28.1 Å². The summed E-state index contributed by atoms with van der Waals surface area (Å²) in [5, 5.41) is -0.255. The number of nitrogens with zero attached hydrogens (tertiary/aromatic N) is 3. The molecule has 0 saturated carbocycles. The Labute approximate surface area is 166 Å². The first-order valence-corrected chi connectivity index (χ1v) is 8.30. The molecule has 0 aliphatic heterocycles. The summed E-state index contributed by atoms with van der Waals surface area (Å²) in [5.41, 5.74) is 2.47. The standard InChI is InChI=1S/C15H14ClFN4O6S/c1-6(11(22)27-12(18)23)26-10-5-9(8(17)4-7(10)16)21-13(24)19(2)15(28)20(3)14(21)25/h4-6H,1-3H3,(H2,18,23). The van der Waals surface area contributed by atoms with Crippen LogP contribution in [0.2, 0.25) is 5.02 Å². The molecule has 150 valence electrons. The number of carbonyl (C=O) groups is 2. The first kappa shape index (κ1) is 21.3. The molecule has 0 radical (unpaired) electrons. The van der Waals surface area contributed by atoms with Crippen molar-refractivity contribution in [1.29, 1.82) is 0 Å². The van der Waals surface area contributed by atoms with Crippen LogP contribution in [-0.4, -0.2) is 31.9 Å². The molecule has 1 amide bonds. The van der Waals surface area contributed by atoms with Gasteiger partial charge in [-0.05, 0) is 25.2 Å². The number of rotatable bonds is 4. The Morgan fingerprint density at radius 1 is 1.21 bits per heavy atom. The summed E-state index contributed by atoms with van der Waals surface area (Å²) >= 11 is 10.9. The van der Waals surface area contributed by atoms with Crippen molar-refractivity contribution in [2.45, 2.75) is 13.0 Å². The third-order valence-electron chi connectivity index (χ3n) is 3.61. The molecule has 2 aromatic rings. The van der Waals surface area contributed by atoms with Crippen molar-refractivity contribution in [2.75, 3.05) is 0 Å². The van der Waals surface area contributed by atoms with Crippen LogP contribution >= 0.6 is 23.8 Å². The molecule has 13 heteroatoms. The van der Waals surface area contributed by atoms with Gasteiger partial charge in [0.15, 0.2) is 10.9 Å². The fourth-order valence-electron chi connectivity index (χ4n) is 2.18. The molecule has 0 aliphatic rings. The van der Waals surface area contributed by atoms with Gasteiger partial charge < -0.3 is 15.2 Å². The van der Waals surface area contributed by atoms with Gasteiger partial charge in [-0.2, -0.15) is 0 Å². The van der Waals surface area contributed by atoms with Crippen LogP contribution in [0.3, 0.4) is 0 Å². The first-order chi connectivity index (χ1) is 13.0. The van der Waals surface area contributed by atoms with Gasteiger partial charge in [-0.3, -0.25) is 9.13 Å². The number of nitrogens with two attached hydrogens (primary N) is 1. The molecule has 10 nitrogen and oxygen atoms in total. The number of hydrogen-bond acceptors (Lipinski definition) is 7. The van der Waals surface area contributed by atoms with Crippen LogP contribution < -0.4 is 21.9 Å². The number of ether oxygens (including phenoxy) is 2. The number of hydrogen-bond donors (Lipinski definition) is 1. The molecule has 0 bridgehead atoms. The number of amides is 1. The number of primary amides is 1. The number of esters is 1. The number of halogens is 2. The van der Waals surface area contributed by atoms with Crippen LogP contribution in [0.15, 0.2) is 21.7 Å². The fourth-order valence-corrected chi connectivity index (χ4v) is 2.53. The summed E-state index contributed by atoms with van der Waals surface area (Å²) in [7, 11) is 2.63. The molecule has 28 heavy (non-hydrogen) atoms. The minimum Gasteiger partial charge on any atom is -0.477 e. The second kappa shape index (κ2) is 7.94. The predicted octanol–water partition coefficient (Wildman–Crippen LogP) is 0.786. The Kier molecular flexibility index (Phi) is 6.04. The quantitative estimate of drug-likeness (QED) is 0.429. The van der Waals surface area contributed by atoms with Crippen LogP contribution in [0.4, 0.5) is 9.18 Å². The maximum Gasteiger partial charge on any atom is 0.412 e. The number of carbonyl (C=O) groups excluding carboxylic acids is 2. The Hall–Kier alpha value is -2.99. The summed E-state index contributed by atoms with van der Waals surface area (Å²) in [6.45, 7) is 1.22. The minimum atomic E-state index is -1.35. The van der Waals surface area contributed by atoms with Crippen LogP contribution in [0.25, 0.3) is 5.69 Å². The van der Waals surface area contributed by atoms with Crippen LogP contribution in [0, 0.1) is 10.6 Å². The highest BCUT2D eigenvalue weighted by atomic mass is 35.5. The van der Waals surface area contributed by atoms with Crippen molar-refractivity contribution >= 4 is 35.9 Å². The van der Waals surface area contributed by atoms with E-state index < -0.39 is 41.1 Å². The molecule has 1 aromatic heterocycles. The molecule has 1 unspecified atom stereocenters. The number of benzene rings is 1. The van der Waals surface area contributed by atoms with E-state index in [-0.39, 0.29) is 15.5 Å². The highest BCUT2D eigenvalue weighted by Gasteiger charge is 2.22. The maximum absolute atomic E-state index is 14.5. The monoisotopic (exact) mass is 432 g/mol. The van der Waals surface area contributed by atoms with Crippen LogP contribution in [0.1, 0.15) is 6.92 Å². The lowest BCUT2D eigenvalue weighted by Crippen LogP contribution is -2.43. The van der Waals surface area contributed by atoms with Gasteiger partial charge in [-0.1, -0.05) is 11.6 Å². The van der Waals surface area contributed by atoms with Crippen LogP contribution in [-0.2, 0) is 23.6 Å². The zero-order chi connectivity index (χ0) is 21.3. The lowest BCUT2D eigenvalue weighted by atomic mass is 10.2. The van der Waals surface area contributed by atoms with E-state index >= 15 is 0 Å². The SMILES string of the molecule is CC(Oc1cc(-n2c(=O)n(C)c(=S)n(C)c2=O)c(F)cc1Cl)C(=O)OC(N)=O. The van der Waals surface area contributed by atoms with E-state index in [0.29, 0.717) is 4.57 Å². The largest absolute Gasteiger partial charge is 0.477 e. The summed E-state index contributed by atoms with van der Waals surface area (Å²) in [5.74, 6) is -2.36. The third-order valence-corrected chi connectivity index (χ3v) is 4.45. The number of aromatic nitrogens is 3. The van der Waals surface area contributed by atoms with E-state index in [1.165, 1.54) is 21.0 Å². The Morgan fingerprint density at radius 2 is 1.75 bits per heavy atom. The van der Waals surface area contributed by atoms with Gasteiger partial charge in [-0.15, -0.1) is 0 Å². The van der Waals surface area contributed by atoms with Gasteiger partial charge >= 0.3 is 23.4 Å². The Morgan fingerprint density at radius 3 is 2.25 bits per heavy atom. The normalized spacial score (nSPS) is 11.8. The topological polar surface area (TPSA) is 128 Å². The molecule has 0 saturated heterocycles. The van der Waals surface area contributed by atoms with E-state index in [1.54, 1.807) is 0 Å². The summed E-state index contributed by atoms with van der Waals surface area (Å²) in [6.07, 6.45) is -2.69.